The Morgan fingerprint density at radius 3 is 1.73 bits per heavy atom. The average molecular weight is 159 g/mol. The molecule has 0 unspecified atom stereocenters. The first-order valence-electron chi connectivity index (χ1n) is 4.05. The van der Waals surface area contributed by atoms with E-state index in [0.29, 0.717) is 5.92 Å². The Kier molecular flexibility index (Phi) is 11.6. The molecule has 0 aliphatic heterocycles. The number of nitrogens with zero attached hydrogens (tertiary/aromatic N) is 1. The zero-order valence-corrected chi connectivity index (χ0v) is 8.42. The van der Waals surface area contributed by atoms with Gasteiger partial charge in [-0.3, -0.25) is 0 Å². The lowest BCUT2D eigenvalue weighted by Gasteiger charge is -1.95. The Balaban J connectivity index is 0. The van der Waals surface area contributed by atoms with Crippen LogP contribution in [0, 0.1) is 5.92 Å². The third kappa shape index (κ3) is 42.5. The van der Waals surface area contributed by atoms with E-state index in [2.05, 4.69) is 13.8 Å². The first-order chi connectivity index (χ1) is 5.00. The first kappa shape index (κ1) is 13.2. The highest BCUT2D eigenvalue weighted by Crippen LogP contribution is 1.99. The van der Waals surface area contributed by atoms with Crippen molar-refractivity contribution in [2.75, 3.05) is 21.1 Å². The molecule has 11 heavy (non-hydrogen) atoms. The van der Waals surface area contributed by atoms with E-state index < -0.39 is 0 Å². The highest BCUT2D eigenvalue weighted by atomic mass is 16.1. The van der Waals surface area contributed by atoms with E-state index in [0.717, 1.165) is 19.1 Å². The molecule has 0 bridgehead atoms. The minimum atomic E-state index is 0.671. The van der Waals surface area contributed by atoms with Gasteiger partial charge in [0.2, 0.25) is 0 Å². The summed E-state index contributed by atoms with van der Waals surface area (Å²) in [5.41, 5.74) is 0. The van der Waals surface area contributed by atoms with E-state index in [1.54, 1.807) is 0 Å². The van der Waals surface area contributed by atoms with Gasteiger partial charge in [-0.1, -0.05) is 13.8 Å². The first-order valence-corrected chi connectivity index (χ1v) is 4.05. The Morgan fingerprint density at radius 2 is 1.64 bits per heavy atom. The quantitative estimate of drug-likeness (QED) is 0.585. The second kappa shape index (κ2) is 9.63. The van der Waals surface area contributed by atoms with Crippen LogP contribution in [0.5, 0.6) is 0 Å². The summed E-state index contributed by atoms with van der Waals surface area (Å²) < 4.78 is 0. The molecule has 0 aliphatic carbocycles. The zero-order chi connectivity index (χ0) is 9.28. The Morgan fingerprint density at radius 1 is 1.27 bits per heavy atom. The average Bonchev–Trinajstić information content (AvgIpc) is 1.82. The van der Waals surface area contributed by atoms with Crippen LogP contribution in [-0.4, -0.2) is 32.3 Å². The van der Waals surface area contributed by atoms with Gasteiger partial charge in [0, 0.05) is 6.42 Å². The predicted molar refractivity (Wildman–Crippen MR) is 49.7 cm³/mol. The van der Waals surface area contributed by atoms with Gasteiger partial charge < -0.3 is 9.69 Å². The van der Waals surface area contributed by atoms with Crippen molar-refractivity contribution in [3.8, 4) is 0 Å². The number of rotatable bonds is 3. The fourth-order valence-corrected chi connectivity index (χ4v) is 0.401. The Labute approximate surface area is 70.6 Å². The maximum Gasteiger partial charge on any atom is 0.120 e. The van der Waals surface area contributed by atoms with Gasteiger partial charge in [0.15, 0.2) is 0 Å². The molecule has 0 amide bonds. The molecule has 2 nitrogen and oxygen atoms in total. The molecule has 68 valence electrons. The maximum absolute atomic E-state index is 9.71. The van der Waals surface area contributed by atoms with Crippen LogP contribution in [0.1, 0.15) is 26.7 Å². The van der Waals surface area contributed by atoms with Crippen molar-refractivity contribution in [2.24, 2.45) is 5.92 Å². The van der Waals surface area contributed by atoms with E-state index in [1.165, 1.54) is 0 Å². The number of hydrogen-bond donors (Lipinski definition) is 0. The minimum absolute atomic E-state index is 0.671. The van der Waals surface area contributed by atoms with Gasteiger partial charge in [-0.25, -0.2) is 0 Å². The minimum Gasteiger partial charge on any atom is -0.312 e. The zero-order valence-electron chi connectivity index (χ0n) is 8.42. The molecule has 0 radical (unpaired) electrons. The van der Waals surface area contributed by atoms with Gasteiger partial charge in [-0.15, -0.1) is 0 Å². The van der Waals surface area contributed by atoms with Crippen molar-refractivity contribution in [2.45, 2.75) is 26.7 Å². The molecule has 0 spiro atoms. The number of carbonyl (C=O) groups excluding carboxylic acids is 1. The molecule has 0 aliphatic rings. The Bertz CT molecular complexity index is 76.9. The standard InChI is InChI=1S/C6H12O.C3H9N/c1-6(2)4-3-5-7;1-4(2)3/h5-6H,3-4H2,1-2H3;1-3H3. The molecule has 2 heteroatoms. The molecule has 0 heterocycles. The SMILES string of the molecule is CC(C)CCC=O.CN(C)C. The fraction of sp³-hybridized carbons (Fsp3) is 0.889. The molecule has 0 saturated heterocycles. The van der Waals surface area contributed by atoms with Crippen LogP contribution in [0.25, 0.3) is 0 Å². The molecular weight excluding hydrogens is 138 g/mol. The van der Waals surface area contributed by atoms with Crippen molar-refractivity contribution in [3.05, 3.63) is 0 Å². The molecule has 0 N–H and O–H groups in total. The summed E-state index contributed by atoms with van der Waals surface area (Å²) in [6.45, 7) is 4.23. The summed E-state index contributed by atoms with van der Waals surface area (Å²) in [4.78, 5) is 11.7. The van der Waals surface area contributed by atoms with Crippen molar-refractivity contribution < 1.29 is 4.79 Å². The van der Waals surface area contributed by atoms with Gasteiger partial charge in [0.1, 0.15) is 6.29 Å². The summed E-state index contributed by atoms with van der Waals surface area (Å²) in [7, 11) is 6.00. The maximum atomic E-state index is 9.71. The smallest absolute Gasteiger partial charge is 0.120 e. The summed E-state index contributed by atoms with van der Waals surface area (Å²) in [6.07, 6.45) is 2.72. The molecule has 0 aromatic rings. The van der Waals surface area contributed by atoms with Crippen LogP contribution >= 0.6 is 0 Å². The predicted octanol–water partition coefficient (Wildman–Crippen LogP) is 1.80. The molecule has 0 fully saturated rings. The van der Waals surface area contributed by atoms with Crippen molar-refractivity contribution in [1.82, 2.24) is 4.90 Å². The van der Waals surface area contributed by atoms with Gasteiger partial charge in [-0.2, -0.15) is 0 Å². The molecule has 0 aromatic heterocycles. The van der Waals surface area contributed by atoms with Crippen molar-refractivity contribution in [3.63, 3.8) is 0 Å². The third-order valence-corrected chi connectivity index (χ3v) is 0.862. The molecule has 0 rings (SSSR count). The van der Waals surface area contributed by atoms with E-state index in [-0.39, 0.29) is 0 Å². The summed E-state index contributed by atoms with van der Waals surface area (Å²) >= 11 is 0. The van der Waals surface area contributed by atoms with E-state index >= 15 is 0 Å². The molecule has 0 aromatic carbocycles. The lowest BCUT2D eigenvalue weighted by Crippen LogP contribution is -1.99. The van der Waals surface area contributed by atoms with Crippen LogP contribution in [0.4, 0.5) is 0 Å². The molecule has 0 saturated carbocycles. The summed E-state index contributed by atoms with van der Waals surface area (Å²) in [5.74, 6) is 0.671. The van der Waals surface area contributed by atoms with Crippen molar-refractivity contribution >= 4 is 6.29 Å². The van der Waals surface area contributed by atoms with E-state index in [9.17, 15) is 4.79 Å². The van der Waals surface area contributed by atoms with E-state index in [4.69, 9.17) is 0 Å². The normalized spacial score (nSPS) is 9.36. The fourth-order valence-electron chi connectivity index (χ4n) is 0.401. The number of hydrogen-bond acceptors (Lipinski definition) is 2. The number of aldehydes is 1. The molecule has 0 atom stereocenters. The van der Waals surface area contributed by atoms with Crippen molar-refractivity contribution in [1.29, 1.82) is 0 Å². The second-order valence-electron chi connectivity index (χ2n) is 3.48. The summed E-state index contributed by atoms with van der Waals surface area (Å²) in [5, 5.41) is 0. The largest absolute Gasteiger partial charge is 0.312 e. The summed E-state index contributed by atoms with van der Waals surface area (Å²) in [6, 6.07) is 0. The van der Waals surface area contributed by atoms with Crippen LogP contribution in [-0.2, 0) is 4.79 Å². The lowest BCUT2D eigenvalue weighted by atomic mass is 10.1. The second-order valence-corrected chi connectivity index (χ2v) is 3.48. The van der Waals surface area contributed by atoms with Gasteiger partial charge in [-0.05, 0) is 33.5 Å². The number of carbonyl (C=O) groups is 1. The third-order valence-electron chi connectivity index (χ3n) is 0.862. The Hall–Kier alpha value is -0.370. The van der Waals surface area contributed by atoms with Gasteiger partial charge in [0.25, 0.3) is 0 Å². The van der Waals surface area contributed by atoms with E-state index in [1.807, 2.05) is 26.0 Å². The highest BCUT2D eigenvalue weighted by Gasteiger charge is 1.88. The van der Waals surface area contributed by atoms with Crippen LogP contribution < -0.4 is 0 Å². The van der Waals surface area contributed by atoms with Gasteiger partial charge >= 0.3 is 0 Å². The molecular formula is C9H21NO. The van der Waals surface area contributed by atoms with Crippen LogP contribution in [0.2, 0.25) is 0 Å². The highest BCUT2D eigenvalue weighted by molar-refractivity contribution is 5.48. The van der Waals surface area contributed by atoms with Gasteiger partial charge in [0.05, 0.1) is 0 Å². The monoisotopic (exact) mass is 159 g/mol. The van der Waals surface area contributed by atoms with Crippen LogP contribution in [0.3, 0.4) is 0 Å². The lowest BCUT2D eigenvalue weighted by molar-refractivity contribution is -0.108. The van der Waals surface area contributed by atoms with Crippen LogP contribution in [0.15, 0.2) is 0 Å². The topological polar surface area (TPSA) is 20.3 Å².